The van der Waals surface area contributed by atoms with Gasteiger partial charge in [-0.1, -0.05) is 18.2 Å². The summed E-state index contributed by atoms with van der Waals surface area (Å²) >= 11 is 0. The number of benzene rings is 1. The highest BCUT2D eigenvalue weighted by atomic mass is 16.4. The molecule has 0 saturated heterocycles. The molecule has 0 fully saturated rings. The molecule has 0 unspecified atom stereocenters. The van der Waals surface area contributed by atoms with Gasteiger partial charge in [-0.05, 0) is 11.6 Å². The van der Waals surface area contributed by atoms with Crippen molar-refractivity contribution in [2.24, 2.45) is 0 Å². The third kappa shape index (κ3) is 1.79. The molecule has 15 heavy (non-hydrogen) atoms. The molecule has 1 aliphatic rings. The average Bonchev–Trinajstić information content (AvgIpc) is 2.67. The van der Waals surface area contributed by atoms with Crippen molar-refractivity contribution in [2.45, 2.75) is 12.5 Å². The topological polar surface area (TPSA) is 75.3 Å². The van der Waals surface area contributed by atoms with Crippen molar-refractivity contribution in [1.82, 2.24) is 5.32 Å². The van der Waals surface area contributed by atoms with Gasteiger partial charge in [-0.15, -0.1) is 0 Å². The summed E-state index contributed by atoms with van der Waals surface area (Å²) in [6, 6.07) is 6.92. The number of carboxylic acids is 1. The van der Waals surface area contributed by atoms with Crippen molar-refractivity contribution in [3.8, 4) is 0 Å². The lowest BCUT2D eigenvalue weighted by atomic mass is 10.0. The van der Waals surface area contributed by atoms with Gasteiger partial charge in [0.2, 0.25) is 0 Å². The van der Waals surface area contributed by atoms with Gasteiger partial charge < -0.3 is 16.2 Å². The van der Waals surface area contributed by atoms with Crippen molar-refractivity contribution in [2.75, 3.05) is 5.73 Å². The third-order valence-electron chi connectivity index (χ3n) is 2.49. The minimum atomic E-state index is -0.837. The van der Waals surface area contributed by atoms with E-state index in [1.54, 1.807) is 6.20 Å². The van der Waals surface area contributed by atoms with Gasteiger partial charge in [0.25, 0.3) is 0 Å². The Labute approximate surface area is 87.4 Å². The largest absolute Gasteiger partial charge is 0.480 e. The standard InChI is InChI=1S/C11H12N2O2/c12-9-4-2-1-3-8(9)7-5-10(11(14)15)13-6-7/h1-4,6,10,13H,5,12H2,(H,14,15)/t10-/m0/s1. The van der Waals surface area contributed by atoms with Crippen LogP contribution in [0.2, 0.25) is 0 Å². The van der Waals surface area contributed by atoms with E-state index in [0.717, 1.165) is 11.1 Å². The van der Waals surface area contributed by atoms with Crippen LogP contribution in [0.15, 0.2) is 30.5 Å². The molecule has 78 valence electrons. The second-order valence-electron chi connectivity index (χ2n) is 3.52. The molecule has 4 N–H and O–H groups in total. The molecule has 1 aliphatic heterocycles. The molecule has 0 aromatic heterocycles. The first-order chi connectivity index (χ1) is 7.18. The minimum absolute atomic E-state index is 0.476. The highest BCUT2D eigenvalue weighted by Gasteiger charge is 2.24. The van der Waals surface area contributed by atoms with Crippen molar-refractivity contribution in [3.63, 3.8) is 0 Å². The molecular formula is C11H12N2O2. The van der Waals surface area contributed by atoms with Gasteiger partial charge in [0.1, 0.15) is 6.04 Å². The van der Waals surface area contributed by atoms with E-state index in [1.807, 2.05) is 24.3 Å². The van der Waals surface area contributed by atoms with Crippen LogP contribution in [0.1, 0.15) is 12.0 Å². The van der Waals surface area contributed by atoms with Crippen LogP contribution in [0.5, 0.6) is 0 Å². The first-order valence-corrected chi connectivity index (χ1v) is 4.71. The minimum Gasteiger partial charge on any atom is -0.480 e. The van der Waals surface area contributed by atoms with Crippen LogP contribution in [0.25, 0.3) is 5.57 Å². The van der Waals surface area contributed by atoms with Crippen LogP contribution >= 0.6 is 0 Å². The summed E-state index contributed by atoms with van der Waals surface area (Å²) < 4.78 is 0. The van der Waals surface area contributed by atoms with E-state index in [2.05, 4.69) is 5.32 Å². The van der Waals surface area contributed by atoms with Crippen molar-refractivity contribution in [1.29, 1.82) is 0 Å². The van der Waals surface area contributed by atoms with Gasteiger partial charge in [-0.25, -0.2) is 4.79 Å². The molecule has 0 aliphatic carbocycles. The number of nitrogens with two attached hydrogens (primary N) is 1. The first-order valence-electron chi connectivity index (χ1n) is 4.71. The number of rotatable bonds is 2. The number of hydrogen-bond donors (Lipinski definition) is 3. The zero-order valence-corrected chi connectivity index (χ0v) is 8.10. The number of anilines is 1. The Bertz CT molecular complexity index is 426. The normalized spacial score (nSPS) is 19.5. The summed E-state index contributed by atoms with van der Waals surface area (Å²) in [7, 11) is 0. The Morgan fingerprint density at radius 2 is 2.20 bits per heavy atom. The van der Waals surface area contributed by atoms with Gasteiger partial charge in [0.15, 0.2) is 0 Å². The molecule has 1 aromatic rings. The average molecular weight is 204 g/mol. The van der Waals surface area contributed by atoms with Crippen LogP contribution in [-0.4, -0.2) is 17.1 Å². The number of aliphatic carboxylic acids is 1. The summed E-state index contributed by atoms with van der Waals surface area (Å²) in [4.78, 5) is 10.7. The number of nitrogens with one attached hydrogen (secondary N) is 1. The predicted molar refractivity (Wildman–Crippen MR) is 58.0 cm³/mol. The second-order valence-corrected chi connectivity index (χ2v) is 3.52. The summed E-state index contributed by atoms with van der Waals surface area (Å²) in [5.74, 6) is -0.837. The van der Waals surface area contributed by atoms with Crippen LogP contribution in [-0.2, 0) is 4.79 Å². The van der Waals surface area contributed by atoms with Crippen LogP contribution < -0.4 is 11.1 Å². The lowest BCUT2D eigenvalue weighted by Gasteiger charge is -2.06. The van der Waals surface area contributed by atoms with Gasteiger partial charge >= 0.3 is 5.97 Å². The molecule has 0 amide bonds. The maximum atomic E-state index is 10.7. The Hall–Kier alpha value is -1.97. The van der Waals surface area contributed by atoms with E-state index in [-0.39, 0.29) is 0 Å². The van der Waals surface area contributed by atoms with E-state index in [0.29, 0.717) is 12.1 Å². The summed E-state index contributed by atoms with van der Waals surface area (Å²) in [6.45, 7) is 0. The molecule has 4 heteroatoms. The number of para-hydroxylation sites is 1. The predicted octanol–water partition coefficient (Wildman–Crippen LogP) is 1.06. The molecule has 4 nitrogen and oxygen atoms in total. The maximum absolute atomic E-state index is 10.7. The number of carbonyl (C=O) groups is 1. The van der Waals surface area contributed by atoms with Crippen molar-refractivity contribution in [3.05, 3.63) is 36.0 Å². The molecule has 1 atom stereocenters. The smallest absolute Gasteiger partial charge is 0.326 e. The second kappa shape index (κ2) is 3.65. The highest BCUT2D eigenvalue weighted by Crippen LogP contribution is 2.27. The maximum Gasteiger partial charge on any atom is 0.326 e. The molecule has 0 saturated carbocycles. The first kappa shape index (κ1) is 9.58. The molecule has 2 rings (SSSR count). The fourth-order valence-electron chi connectivity index (χ4n) is 1.67. The van der Waals surface area contributed by atoms with E-state index in [1.165, 1.54) is 0 Å². The Kier molecular flexibility index (Phi) is 2.33. The van der Waals surface area contributed by atoms with Crippen LogP contribution in [0.3, 0.4) is 0 Å². The molecule has 0 bridgehead atoms. The molecular weight excluding hydrogens is 192 g/mol. The molecule has 0 radical (unpaired) electrons. The highest BCUT2D eigenvalue weighted by molar-refractivity contribution is 5.83. The van der Waals surface area contributed by atoms with E-state index >= 15 is 0 Å². The van der Waals surface area contributed by atoms with Gasteiger partial charge in [-0.3, -0.25) is 0 Å². The summed E-state index contributed by atoms with van der Waals surface area (Å²) in [6.07, 6.45) is 2.20. The van der Waals surface area contributed by atoms with Gasteiger partial charge in [0, 0.05) is 23.9 Å². The molecule has 1 heterocycles. The van der Waals surface area contributed by atoms with Crippen molar-refractivity contribution < 1.29 is 9.90 Å². The van der Waals surface area contributed by atoms with E-state index < -0.39 is 12.0 Å². The lowest BCUT2D eigenvalue weighted by Crippen LogP contribution is -2.28. The zero-order valence-electron chi connectivity index (χ0n) is 8.10. The Morgan fingerprint density at radius 1 is 1.47 bits per heavy atom. The van der Waals surface area contributed by atoms with E-state index in [9.17, 15) is 4.79 Å². The Morgan fingerprint density at radius 3 is 2.80 bits per heavy atom. The SMILES string of the molecule is Nc1ccccc1C1=CN[C@H](C(=O)O)C1. The van der Waals surface area contributed by atoms with Crippen molar-refractivity contribution >= 4 is 17.2 Å². The van der Waals surface area contributed by atoms with Crippen LogP contribution in [0.4, 0.5) is 5.69 Å². The number of carboxylic acid groups (broad SMARTS) is 1. The van der Waals surface area contributed by atoms with E-state index in [4.69, 9.17) is 10.8 Å². The fourth-order valence-corrected chi connectivity index (χ4v) is 1.67. The molecule has 1 aromatic carbocycles. The monoisotopic (exact) mass is 204 g/mol. The number of nitrogen functional groups attached to an aromatic ring is 1. The third-order valence-corrected chi connectivity index (χ3v) is 2.49. The van der Waals surface area contributed by atoms with Crippen LogP contribution in [0, 0.1) is 0 Å². The fraction of sp³-hybridized carbons (Fsp3) is 0.182. The quantitative estimate of drug-likeness (QED) is 0.629. The summed E-state index contributed by atoms with van der Waals surface area (Å²) in [5, 5.41) is 11.6. The zero-order chi connectivity index (χ0) is 10.8. The van der Waals surface area contributed by atoms with Gasteiger partial charge in [-0.2, -0.15) is 0 Å². The molecule has 0 spiro atoms. The lowest BCUT2D eigenvalue weighted by molar-refractivity contribution is -0.138. The van der Waals surface area contributed by atoms with Gasteiger partial charge in [0.05, 0.1) is 0 Å². The Balaban J connectivity index is 2.21. The number of hydrogen-bond acceptors (Lipinski definition) is 3. The summed E-state index contributed by atoms with van der Waals surface area (Å²) in [5.41, 5.74) is 8.34.